The van der Waals surface area contributed by atoms with Crippen molar-refractivity contribution in [3.05, 3.63) is 35.4 Å². The van der Waals surface area contributed by atoms with E-state index >= 15 is 0 Å². The number of thioether (sulfide) groups is 1. The van der Waals surface area contributed by atoms with Crippen molar-refractivity contribution in [1.82, 2.24) is 4.90 Å². The fraction of sp³-hybridized carbons (Fsp3) is 0.471. The highest BCUT2D eigenvalue weighted by Gasteiger charge is 2.36. The molecule has 1 aromatic carbocycles. The minimum absolute atomic E-state index is 0.0497. The maximum Gasteiger partial charge on any atom is 0.305 e. The molecule has 1 fully saturated rings. The number of methoxy groups -OCH3 is 1. The van der Waals surface area contributed by atoms with E-state index in [0.29, 0.717) is 30.0 Å². The van der Waals surface area contributed by atoms with E-state index in [1.807, 2.05) is 12.1 Å². The summed E-state index contributed by atoms with van der Waals surface area (Å²) in [7, 11) is 1.58. The SMILES string of the molecule is COC1CC(CC(=O)O)N(C(=O)CSCc2ccc(C#N)cc2)C1. The monoisotopic (exact) mass is 348 g/mol. The number of hydrogen-bond acceptors (Lipinski definition) is 5. The number of carboxylic acid groups (broad SMARTS) is 1. The molecule has 1 N–H and O–H groups in total. The summed E-state index contributed by atoms with van der Waals surface area (Å²) in [6.07, 6.45) is 0.419. The van der Waals surface area contributed by atoms with Crippen LogP contribution in [-0.2, 0) is 20.1 Å². The first-order valence-electron chi connectivity index (χ1n) is 7.64. The second kappa shape index (κ2) is 8.71. The molecule has 2 unspecified atom stereocenters. The van der Waals surface area contributed by atoms with Gasteiger partial charge in [-0.25, -0.2) is 0 Å². The molecule has 1 aliphatic heterocycles. The molecule has 0 aliphatic carbocycles. The molecule has 0 spiro atoms. The molecule has 0 saturated carbocycles. The van der Waals surface area contributed by atoms with Gasteiger partial charge >= 0.3 is 5.97 Å². The summed E-state index contributed by atoms with van der Waals surface area (Å²) < 4.78 is 5.28. The molecule has 0 bridgehead atoms. The Hall–Kier alpha value is -2.04. The lowest BCUT2D eigenvalue weighted by Crippen LogP contribution is -2.38. The van der Waals surface area contributed by atoms with Crippen molar-refractivity contribution in [3.63, 3.8) is 0 Å². The van der Waals surface area contributed by atoms with Crippen LogP contribution in [0.3, 0.4) is 0 Å². The third kappa shape index (κ3) is 4.98. The molecule has 6 nitrogen and oxygen atoms in total. The van der Waals surface area contributed by atoms with Gasteiger partial charge in [0.25, 0.3) is 0 Å². The van der Waals surface area contributed by atoms with E-state index in [9.17, 15) is 9.59 Å². The van der Waals surface area contributed by atoms with Crippen LogP contribution < -0.4 is 0 Å². The normalized spacial score (nSPS) is 19.9. The van der Waals surface area contributed by atoms with Crippen LogP contribution >= 0.6 is 11.8 Å². The summed E-state index contributed by atoms with van der Waals surface area (Å²) in [5.41, 5.74) is 1.66. The Balaban J connectivity index is 1.85. The molecule has 1 saturated heterocycles. The van der Waals surface area contributed by atoms with Gasteiger partial charge < -0.3 is 14.7 Å². The average Bonchev–Trinajstić information content (AvgIpc) is 2.97. The van der Waals surface area contributed by atoms with E-state index in [1.54, 1.807) is 24.1 Å². The first-order chi connectivity index (χ1) is 11.5. The number of hydrogen-bond donors (Lipinski definition) is 1. The number of likely N-dealkylation sites (tertiary alicyclic amines) is 1. The zero-order valence-corrected chi connectivity index (χ0v) is 14.3. The second-order valence-electron chi connectivity index (χ2n) is 5.69. The van der Waals surface area contributed by atoms with Gasteiger partial charge in [0.15, 0.2) is 0 Å². The predicted molar refractivity (Wildman–Crippen MR) is 90.5 cm³/mol. The lowest BCUT2D eigenvalue weighted by atomic mass is 10.1. The maximum atomic E-state index is 12.4. The lowest BCUT2D eigenvalue weighted by Gasteiger charge is -2.23. The average molecular weight is 348 g/mol. The van der Waals surface area contributed by atoms with Gasteiger partial charge in [-0.2, -0.15) is 5.26 Å². The molecule has 1 aromatic rings. The zero-order chi connectivity index (χ0) is 17.5. The van der Waals surface area contributed by atoms with Crippen molar-refractivity contribution in [2.24, 2.45) is 0 Å². The van der Waals surface area contributed by atoms with Crippen LogP contribution in [0.2, 0.25) is 0 Å². The van der Waals surface area contributed by atoms with Crippen LogP contribution in [0.15, 0.2) is 24.3 Å². The quantitative estimate of drug-likeness (QED) is 0.809. The van der Waals surface area contributed by atoms with Crippen LogP contribution in [0.25, 0.3) is 0 Å². The number of benzene rings is 1. The molecule has 1 heterocycles. The number of amides is 1. The van der Waals surface area contributed by atoms with Crippen LogP contribution in [0.1, 0.15) is 24.0 Å². The summed E-state index contributed by atoms with van der Waals surface area (Å²) >= 11 is 1.48. The van der Waals surface area contributed by atoms with Gasteiger partial charge in [0.05, 0.1) is 29.9 Å². The molecule has 128 valence electrons. The Kier molecular flexibility index (Phi) is 6.64. The Bertz CT molecular complexity index is 626. The van der Waals surface area contributed by atoms with Gasteiger partial charge in [0.1, 0.15) is 0 Å². The van der Waals surface area contributed by atoms with E-state index in [4.69, 9.17) is 15.1 Å². The number of aliphatic carboxylic acids is 1. The van der Waals surface area contributed by atoms with Crippen molar-refractivity contribution < 1.29 is 19.4 Å². The number of carboxylic acids is 1. The van der Waals surface area contributed by atoms with Crippen molar-refractivity contribution in [2.75, 3.05) is 19.4 Å². The minimum atomic E-state index is -0.903. The Morgan fingerprint density at radius 1 is 1.42 bits per heavy atom. The number of carbonyl (C=O) groups is 2. The van der Waals surface area contributed by atoms with Gasteiger partial charge in [-0.05, 0) is 24.1 Å². The standard InChI is InChI=1S/C17H20N2O4S/c1-23-15-6-14(7-17(21)22)19(9-15)16(20)11-24-10-13-4-2-12(8-18)3-5-13/h2-5,14-15H,6-7,9-11H2,1H3,(H,21,22). The highest BCUT2D eigenvalue weighted by atomic mass is 32.2. The summed E-state index contributed by atoms with van der Waals surface area (Å²) in [6.45, 7) is 0.449. The van der Waals surface area contributed by atoms with Gasteiger partial charge in [-0.1, -0.05) is 12.1 Å². The van der Waals surface area contributed by atoms with Crippen LogP contribution in [0, 0.1) is 11.3 Å². The van der Waals surface area contributed by atoms with Gasteiger partial charge in [-0.15, -0.1) is 11.8 Å². The number of rotatable bonds is 7. The Labute approximate surface area is 145 Å². The van der Waals surface area contributed by atoms with Crippen molar-refractivity contribution in [2.45, 2.75) is 30.7 Å². The largest absolute Gasteiger partial charge is 0.481 e. The Morgan fingerprint density at radius 3 is 2.71 bits per heavy atom. The summed E-state index contributed by atoms with van der Waals surface area (Å²) in [6, 6.07) is 9.03. The molecule has 2 atom stereocenters. The second-order valence-corrected chi connectivity index (χ2v) is 6.68. The highest BCUT2D eigenvalue weighted by molar-refractivity contribution is 7.99. The summed E-state index contributed by atoms with van der Waals surface area (Å²) in [5, 5.41) is 17.8. The molecule has 0 radical (unpaired) electrons. The number of nitriles is 1. The van der Waals surface area contributed by atoms with Crippen molar-refractivity contribution in [1.29, 1.82) is 5.26 Å². The molecular formula is C17H20N2O4S. The fourth-order valence-electron chi connectivity index (χ4n) is 2.76. The van der Waals surface area contributed by atoms with E-state index in [-0.39, 0.29) is 24.5 Å². The van der Waals surface area contributed by atoms with E-state index in [0.717, 1.165) is 5.56 Å². The molecule has 1 amide bonds. The molecule has 24 heavy (non-hydrogen) atoms. The first-order valence-corrected chi connectivity index (χ1v) is 8.79. The van der Waals surface area contributed by atoms with Gasteiger partial charge in [0.2, 0.25) is 5.91 Å². The smallest absolute Gasteiger partial charge is 0.305 e. The van der Waals surface area contributed by atoms with Gasteiger partial charge in [-0.3, -0.25) is 9.59 Å². The summed E-state index contributed by atoms with van der Waals surface area (Å²) in [4.78, 5) is 25.0. The van der Waals surface area contributed by atoms with Crippen LogP contribution in [0.4, 0.5) is 0 Å². The third-order valence-electron chi connectivity index (χ3n) is 4.02. The lowest BCUT2D eigenvalue weighted by molar-refractivity contribution is -0.139. The van der Waals surface area contributed by atoms with E-state index in [1.165, 1.54) is 11.8 Å². The molecular weight excluding hydrogens is 328 g/mol. The highest BCUT2D eigenvalue weighted by Crippen LogP contribution is 2.24. The molecule has 1 aliphatic rings. The Morgan fingerprint density at radius 2 is 2.12 bits per heavy atom. The van der Waals surface area contributed by atoms with Crippen LogP contribution in [-0.4, -0.2) is 53.4 Å². The fourth-order valence-corrected chi connectivity index (χ4v) is 3.63. The first kappa shape index (κ1) is 18.3. The summed E-state index contributed by atoms with van der Waals surface area (Å²) in [5.74, 6) is 0.00836. The van der Waals surface area contributed by atoms with Gasteiger partial charge in [0, 0.05) is 25.4 Å². The molecule has 7 heteroatoms. The minimum Gasteiger partial charge on any atom is -0.481 e. The van der Waals surface area contributed by atoms with E-state index < -0.39 is 5.97 Å². The predicted octanol–water partition coefficient (Wildman–Crippen LogP) is 1.88. The third-order valence-corrected chi connectivity index (χ3v) is 5.01. The van der Waals surface area contributed by atoms with Crippen LogP contribution in [0.5, 0.6) is 0 Å². The zero-order valence-electron chi connectivity index (χ0n) is 13.5. The number of carbonyl (C=O) groups excluding carboxylic acids is 1. The maximum absolute atomic E-state index is 12.4. The molecule has 0 aromatic heterocycles. The van der Waals surface area contributed by atoms with Crippen molar-refractivity contribution >= 4 is 23.6 Å². The van der Waals surface area contributed by atoms with Crippen molar-refractivity contribution in [3.8, 4) is 6.07 Å². The number of nitrogens with zero attached hydrogens (tertiary/aromatic N) is 2. The topological polar surface area (TPSA) is 90.6 Å². The van der Waals surface area contributed by atoms with E-state index in [2.05, 4.69) is 6.07 Å². The number of ether oxygens (including phenoxy) is 1. The molecule has 2 rings (SSSR count).